The SMILES string of the molecule is CC(C)NC(=O)N1CCn2c(nnc2C(F)(F)F)C1. The Morgan fingerprint density at radius 2 is 2.00 bits per heavy atom. The predicted molar refractivity (Wildman–Crippen MR) is 59.1 cm³/mol. The lowest BCUT2D eigenvalue weighted by molar-refractivity contribution is -0.147. The van der Waals surface area contributed by atoms with Crippen molar-refractivity contribution in [3.63, 3.8) is 0 Å². The first-order valence-corrected chi connectivity index (χ1v) is 5.83. The molecule has 0 fully saturated rings. The number of aromatic nitrogens is 3. The van der Waals surface area contributed by atoms with E-state index in [0.717, 1.165) is 4.57 Å². The van der Waals surface area contributed by atoms with E-state index in [1.807, 2.05) is 13.8 Å². The van der Waals surface area contributed by atoms with Crippen LogP contribution in [0.4, 0.5) is 18.0 Å². The van der Waals surface area contributed by atoms with Crippen LogP contribution in [0.3, 0.4) is 0 Å². The van der Waals surface area contributed by atoms with Crippen LogP contribution in [0.5, 0.6) is 0 Å². The number of carbonyl (C=O) groups excluding carboxylic acids is 1. The summed E-state index contributed by atoms with van der Waals surface area (Å²) in [5, 5.41) is 9.35. The van der Waals surface area contributed by atoms with Gasteiger partial charge in [0.1, 0.15) is 0 Å². The molecule has 1 aromatic heterocycles. The molecule has 9 heteroatoms. The minimum atomic E-state index is -4.52. The fourth-order valence-electron chi connectivity index (χ4n) is 1.88. The largest absolute Gasteiger partial charge is 0.451 e. The van der Waals surface area contributed by atoms with Crippen molar-refractivity contribution in [1.82, 2.24) is 25.0 Å². The number of halogens is 3. The third-order valence-electron chi connectivity index (χ3n) is 2.71. The first-order chi connectivity index (χ1) is 8.79. The first-order valence-electron chi connectivity index (χ1n) is 5.83. The summed E-state index contributed by atoms with van der Waals surface area (Å²) in [5.41, 5.74) is 0. The van der Waals surface area contributed by atoms with E-state index < -0.39 is 12.0 Å². The Morgan fingerprint density at radius 1 is 1.32 bits per heavy atom. The molecule has 1 aliphatic heterocycles. The molecular formula is C10H14F3N5O. The standard InChI is InChI=1S/C10H14F3N5O/c1-6(2)14-9(19)17-3-4-18-7(5-17)15-16-8(18)10(11,12)13/h6H,3-5H2,1-2H3,(H,14,19). The molecule has 0 unspecified atom stereocenters. The van der Waals surface area contributed by atoms with Crippen molar-refractivity contribution >= 4 is 6.03 Å². The zero-order chi connectivity index (χ0) is 14.2. The highest BCUT2D eigenvalue weighted by Crippen LogP contribution is 2.29. The van der Waals surface area contributed by atoms with Crippen LogP contribution >= 0.6 is 0 Å². The van der Waals surface area contributed by atoms with Crippen molar-refractivity contribution in [2.24, 2.45) is 0 Å². The van der Waals surface area contributed by atoms with Crippen LogP contribution < -0.4 is 5.32 Å². The normalized spacial score (nSPS) is 15.6. The van der Waals surface area contributed by atoms with Gasteiger partial charge in [-0.25, -0.2) is 4.79 Å². The monoisotopic (exact) mass is 277 g/mol. The average molecular weight is 277 g/mol. The molecule has 0 saturated carbocycles. The minimum absolute atomic E-state index is 0.0294. The lowest BCUT2D eigenvalue weighted by atomic mass is 10.3. The number of alkyl halides is 3. The summed E-state index contributed by atoms with van der Waals surface area (Å²) in [5.74, 6) is -0.858. The molecule has 2 amide bonds. The fraction of sp³-hybridized carbons (Fsp3) is 0.700. The number of carbonyl (C=O) groups is 1. The Bertz CT molecular complexity index is 482. The van der Waals surface area contributed by atoms with Crippen LogP contribution in [0.25, 0.3) is 0 Å². The zero-order valence-corrected chi connectivity index (χ0v) is 10.5. The third-order valence-corrected chi connectivity index (χ3v) is 2.71. The maximum Gasteiger partial charge on any atom is 0.451 e. The van der Waals surface area contributed by atoms with Crippen molar-refractivity contribution in [2.75, 3.05) is 6.54 Å². The molecule has 0 bridgehead atoms. The molecule has 1 aliphatic rings. The molecule has 1 N–H and O–H groups in total. The Hall–Kier alpha value is -1.80. The molecule has 6 nitrogen and oxygen atoms in total. The Labute approximate surface area is 107 Å². The smallest absolute Gasteiger partial charge is 0.336 e. The summed E-state index contributed by atoms with van der Waals surface area (Å²) < 4.78 is 38.9. The maximum absolute atomic E-state index is 12.6. The second-order valence-corrected chi connectivity index (χ2v) is 4.61. The maximum atomic E-state index is 12.6. The molecule has 0 spiro atoms. The van der Waals surface area contributed by atoms with Gasteiger partial charge in [-0.05, 0) is 13.8 Å². The number of nitrogens with zero attached hydrogens (tertiary/aromatic N) is 4. The lowest BCUT2D eigenvalue weighted by Gasteiger charge is -2.28. The molecule has 0 saturated heterocycles. The second-order valence-electron chi connectivity index (χ2n) is 4.61. The highest BCUT2D eigenvalue weighted by atomic mass is 19.4. The van der Waals surface area contributed by atoms with Gasteiger partial charge < -0.3 is 14.8 Å². The van der Waals surface area contributed by atoms with Gasteiger partial charge in [0.15, 0.2) is 5.82 Å². The predicted octanol–water partition coefficient (Wildman–Crippen LogP) is 1.23. The number of amides is 2. The van der Waals surface area contributed by atoms with Crippen LogP contribution in [0.1, 0.15) is 25.5 Å². The Morgan fingerprint density at radius 3 is 2.58 bits per heavy atom. The Kier molecular flexibility index (Phi) is 3.38. The van der Waals surface area contributed by atoms with E-state index in [2.05, 4.69) is 15.5 Å². The number of fused-ring (bicyclic) bond motifs is 1. The molecule has 2 rings (SSSR count). The van der Waals surface area contributed by atoms with Crippen molar-refractivity contribution in [2.45, 2.75) is 39.2 Å². The van der Waals surface area contributed by atoms with Crippen LogP contribution in [0.15, 0.2) is 0 Å². The molecule has 0 radical (unpaired) electrons. The van der Waals surface area contributed by atoms with E-state index in [0.29, 0.717) is 0 Å². The van der Waals surface area contributed by atoms with Gasteiger partial charge in [0.2, 0.25) is 5.82 Å². The van der Waals surface area contributed by atoms with Gasteiger partial charge in [-0.3, -0.25) is 0 Å². The average Bonchev–Trinajstić information content (AvgIpc) is 2.69. The number of hydrogen-bond acceptors (Lipinski definition) is 3. The fourth-order valence-corrected chi connectivity index (χ4v) is 1.88. The van der Waals surface area contributed by atoms with Gasteiger partial charge in [-0.15, -0.1) is 10.2 Å². The summed E-state index contributed by atoms with van der Waals surface area (Å²) in [6.45, 7) is 3.90. The summed E-state index contributed by atoms with van der Waals surface area (Å²) in [6.07, 6.45) is -4.52. The van der Waals surface area contributed by atoms with Gasteiger partial charge in [0.25, 0.3) is 0 Å². The van der Waals surface area contributed by atoms with E-state index in [4.69, 9.17) is 0 Å². The van der Waals surface area contributed by atoms with E-state index in [1.54, 1.807) is 0 Å². The number of rotatable bonds is 1. The highest BCUT2D eigenvalue weighted by Gasteiger charge is 2.39. The van der Waals surface area contributed by atoms with Crippen molar-refractivity contribution in [1.29, 1.82) is 0 Å². The van der Waals surface area contributed by atoms with E-state index in [9.17, 15) is 18.0 Å². The third kappa shape index (κ3) is 2.79. The van der Waals surface area contributed by atoms with Crippen molar-refractivity contribution < 1.29 is 18.0 Å². The van der Waals surface area contributed by atoms with Crippen molar-refractivity contribution in [3.8, 4) is 0 Å². The highest BCUT2D eigenvalue weighted by molar-refractivity contribution is 5.74. The molecule has 1 aromatic rings. The Balaban J connectivity index is 2.14. The number of urea groups is 1. The number of hydrogen-bond donors (Lipinski definition) is 1. The van der Waals surface area contributed by atoms with Gasteiger partial charge in [-0.2, -0.15) is 13.2 Å². The topological polar surface area (TPSA) is 63.1 Å². The van der Waals surface area contributed by atoms with Gasteiger partial charge >= 0.3 is 12.2 Å². The summed E-state index contributed by atoms with van der Waals surface area (Å²) in [4.78, 5) is 13.2. The molecule has 2 heterocycles. The second kappa shape index (κ2) is 4.71. The first kappa shape index (κ1) is 13.6. The van der Waals surface area contributed by atoms with Crippen LogP contribution in [-0.4, -0.2) is 38.3 Å². The molecule has 106 valence electrons. The lowest BCUT2D eigenvalue weighted by Crippen LogP contribution is -2.46. The molecule has 0 aliphatic carbocycles. The van der Waals surface area contributed by atoms with E-state index in [-0.39, 0.29) is 37.5 Å². The van der Waals surface area contributed by atoms with Gasteiger partial charge in [0.05, 0.1) is 6.54 Å². The summed E-state index contributed by atoms with van der Waals surface area (Å²) >= 11 is 0. The molecule has 19 heavy (non-hydrogen) atoms. The number of nitrogens with one attached hydrogen (secondary N) is 1. The minimum Gasteiger partial charge on any atom is -0.336 e. The quantitative estimate of drug-likeness (QED) is 0.839. The van der Waals surface area contributed by atoms with E-state index in [1.165, 1.54) is 4.90 Å². The summed E-state index contributed by atoms with van der Waals surface area (Å²) in [6, 6.07) is -0.337. The van der Waals surface area contributed by atoms with Crippen LogP contribution in [0.2, 0.25) is 0 Å². The molecule has 0 atom stereocenters. The van der Waals surface area contributed by atoms with E-state index >= 15 is 0 Å². The van der Waals surface area contributed by atoms with Crippen LogP contribution in [-0.2, 0) is 19.3 Å². The van der Waals surface area contributed by atoms with Gasteiger partial charge in [0, 0.05) is 19.1 Å². The molecular weight excluding hydrogens is 263 g/mol. The summed E-state index contributed by atoms with van der Waals surface area (Å²) in [7, 11) is 0. The van der Waals surface area contributed by atoms with Gasteiger partial charge in [-0.1, -0.05) is 0 Å². The zero-order valence-electron chi connectivity index (χ0n) is 10.5. The van der Waals surface area contributed by atoms with Crippen LogP contribution in [0, 0.1) is 0 Å². The van der Waals surface area contributed by atoms with Crippen molar-refractivity contribution in [3.05, 3.63) is 11.6 Å². The molecule has 0 aromatic carbocycles.